The van der Waals surface area contributed by atoms with E-state index in [-0.39, 0.29) is 11.7 Å². The van der Waals surface area contributed by atoms with Gasteiger partial charge in [-0.1, -0.05) is 59.8 Å². The Morgan fingerprint density at radius 2 is 1.81 bits per heavy atom. The molecule has 3 aromatic carbocycles. The Bertz CT molecular complexity index is 1270. The van der Waals surface area contributed by atoms with Crippen molar-refractivity contribution in [2.45, 2.75) is 11.7 Å². The molecule has 8 heteroatoms. The zero-order chi connectivity index (χ0) is 22.3. The number of anilines is 1. The molecule has 0 radical (unpaired) electrons. The van der Waals surface area contributed by atoms with Crippen LogP contribution in [0.3, 0.4) is 0 Å². The molecule has 4 rings (SSSR count). The molecule has 0 unspecified atom stereocenters. The third-order valence-electron chi connectivity index (χ3n) is 4.61. The number of halogens is 1. The summed E-state index contributed by atoms with van der Waals surface area (Å²) in [4.78, 5) is 12.5. The van der Waals surface area contributed by atoms with Gasteiger partial charge in [0, 0.05) is 16.3 Å². The molecule has 1 aromatic heterocycles. The zero-order valence-corrected chi connectivity index (χ0v) is 18.5. The van der Waals surface area contributed by atoms with Crippen LogP contribution in [0.5, 0.6) is 0 Å². The number of rotatable bonds is 7. The van der Waals surface area contributed by atoms with Crippen molar-refractivity contribution >= 4 is 35.0 Å². The highest BCUT2D eigenvalue weighted by atomic mass is 35.5. The van der Waals surface area contributed by atoms with Crippen LogP contribution in [0.2, 0.25) is 5.02 Å². The number of aromatic nitrogens is 3. The first-order chi connectivity index (χ1) is 15.6. The lowest BCUT2D eigenvalue weighted by Crippen LogP contribution is -2.15. The van der Waals surface area contributed by atoms with Crippen LogP contribution in [0.1, 0.15) is 11.1 Å². The summed E-state index contributed by atoms with van der Waals surface area (Å²) in [6.07, 6.45) is 0. The topological polar surface area (TPSA) is 83.6 Å². The Hall–Kier alpha value is -3.60. The summed E-state index contributed by atoms with van der Waals surface area (Å²) in [6, 6.07) is 26.3. The van der Waals surface area contributed by atoms with Gasteiger partial charge in [-0.25, -0.2) is 0 Å². The number of thioether (sulfide) groups is 1. The van der Waals surface area contributed by atoms with Crippen molar-refractivity contribution in [1.29, 1.82) is 5.26 Å². The zero-order valence-electron chi connectivity index (χ0n) is 16.9. The number of carbonyl (C=O) groups is 1. The lowest BCUT2D eigenvalue weighted by Gasteiger charge is -2.11. The molecule has 0 fully saturated rings. The summed E-state index contributed by atoms with van der Waals surface area (Å²) in [5.74, 6) is 0.673. The molecule has 158 valence electrons. The van der Waals surface area contributed by atoms with Gasteiger partial charge in [0.05, 0.1) is 23.9 Å². The fraction of sp³-hybridized carbons (Fsp3) is 0.0833. The summed E-state index contributed by atoms with van der Waals surface area (Å²) in [5, 5.41) is 21.8. The first-order valence-corrected chi connectivity index (χ1v) is 11.1. The third-order valence-corrected chi connectivity index (χ3v) is 5.83. The minimum atomic E-state index is -0.188. The molecule has 0 spiro atoms. The smallest absolute Gasteiger partial charge is 0.234 e. The summed E-state index contributed by atoms with van der Waals surface area (Å²) < 4.78 is 1.99. The van der Waals surface area contributed by atoms with Crippen LogP contribution >= 0.6 is 23.4 Å². The van der Waals surface area contributed by atoms with Crippen LogP contribution in [-0.4, -0.2) is 26.4 Å². The second kappa shape index (κ2) is 10.1. The number of nitrogens with zero attached hydrogens (tertiary/aromatic N) is 4. The van der Waals surface area contributed by atoms with Gasteiger partial charge >= 0.3 is 0 Å². The molecule has 4 aromatic rings. The number of hydrogen-bond acceptors (Lipinski definition) is 5. The number of benzene rings is 3. The summed E-state index contributed by atoms with van der Waals surface area (Å²) in [6.45, 7) is 0.569. The molecule has 0 saturated heterocycles. The maximum Gasteiger partial charge on any atom is 0.234 e. The number of nitrogens with one attached hydrogen (secondary N) is 1. The van der Waals surface area contributed by atoms with E-state index < -0.39 is 0 Å². The van der Waals surface area contributed by atoms with E-state index in [1.165, 1.54) is 11.8 Å². The lowest BCUT2D eigenvalue weighted by atomic mass is 10.2. The van der Waals surface area contributed by atoms with Crippen LogP contribution < -0.4 is 5.32 Å². The third kappa shape index (κ3) is 5.35. The van der Waals surface area contributed by atoms with E-state index >= 15 is 0 Å². The summed E-state index contributed by atoms with van der Waals surface area (Å²) in [5.41, 5.74) is 3.07. The van der Waals surface area contributed by atoms with Gasteiger partial charge in [0.15, 0.2) is 11.0 Å². The molecule has 1 amide bonds. The average Bonchev–Trinajstić information content (AvgIpc) is 3.21. The van der Waals surface area contributed by atoms with E-state index in [2.05, 4.69) is 21.6 Å². The Kier molecular flexibility index (Phi) is 6.85. The highest BCUT2D eigenvalue weighted by molar-refractivity contribution is 7.99. The van der Waals surface area contributed by atoms with Crippen molar-refractivity contribution in [2.24, 2.45) is 0 Å². The predicted octanol–water partition coefficient (Wildman–Crippen LogP) is 5.25. The molecule has 1 N–H and O–H groups in total. The monoisotopic (exact) mass is 459 g/mol. The van der Waals surface area contributed by atoms with Gasteiger partial charge in [-0.05, 0) is 48.0 Å². The molecule has 1 heterocycles. The van der Waals surface area contributed by atoms with E-state index in [0.29, 0.717) is 33.8 Å². The van der Waals surface area contributed by atoms with Crippen LogP contribution in [0.25, 0.3) is 11.4 Å². The van der Waals surface area contributed by atoms with E-state index in [9.17, 15) is 4.79 Å². The number of hydrogen-bond donors (Lipinski definition) is 1. The van der Waals surface area contributed by atoms with Crippen LogP contribution in [-0.2, 0) is 11.3 Å². The Morgan fingerprint density at radius 1 is 1.03 bits per heavy atom. The average molecular weight is 460 g/mol. The highest BCUT2D eigenvalue weighted by Crippen LogP contribution is 2.26. The predicted molar refractivity (Wildman–Crippen MR) is 127 cm³/mol. The second-order valence-corrected chi connectivity index (χ2v) is 8.29. The molecule has 6 nitrogen and oxygen atoms in total. The molecule has 0 bridgehead atoms. The molecular formula is C24H18ClN5OS. The van der Waals surface area contributed by atoms with Crippen LogP contribution in [0, 0.1) is 11.3 Å². The molecule has 0 aliphatic heterocycles. The van der Waals surface area contributed by atoms with Crippen molar-refractivity contribution < 1.29 is 4.79 Å². The van der Waals surface area contributed by atoms with Crippen LogP contribution in [0.4, 0.5) is 5.69 Å². The van der Waals surface area contributed by atoms with Crippen LogP contribution in [0.15, 0.2) is 84.0 Å². The fourth-order valence-electron chi connectivity index (χ4n) is 3.11. The van der Waals surface area contributed by atoms with Gasteiger partial charge in [-0.15, -0.1) is 10.2 Å². The van der Waals surface area contributed by atoms with Gasteiger partial charge < -0.3 is 5.32 Å². The number of amides is 1. The lowest BCUT2D eigenvalue weighted by molar-refractivity contribution is -0.113. The summed E-state index contributed by atoms with van der Waals surface area (Å²) in [7, 11) is 0. The first-order valence-electron chi connectivity index (χ1n) is 9.78. The Labute approximate surface area is 194 Å². The van der Waals surface area contributed by atoms with E-state index in [4.69, 9.17) is 16.9 Å². The van der Waals surface area contributed by atoms with Crippen molar-refractivity contribution in [3.05, 3.63) is 95.0 Å². The molecule has 0 atom stereocenters. The molecular weight excluding hydrogens is 442 g/mol. The van der Waals surface area contributed by atoms with E-state index in [1.807, 2.05) is 59.2 Å². The van der Waals surface area contributed by atoms with Gasteiger partial charge in [0.1, 0.15) is 0 Å². The van der Waals surface area contributed by atoms with Gasteiger partial charge in [-0.2, -0.15) is 5.26 Å². The highest BCUT2D eigenvalue weighted by Gasteiger charge is 2.16. The Balaban J connectivity index is 1.54. The first kappa shape index (κ1) is 21.6. The minimum Gasteiger partial charge on any atom is -0.325 e. The quantitative estimate of drug-likeness (QED) is 0.381. The van der Waals surface area contributed by atoms with E-state index in [1.54, 1.807) is 24.3 Å². The normalized spacial score (nSPS) is 10.5. The standard InChI is InChI=1S/C24H18ClN5OS/c25-20-11-9-19(10-12-20)23-28-29-24(30(23)15-17-5-2-1-3-6-17)32-16-22(31)27-21-8-4-7-18(13-21)14-26/h1-13H,15-16H2,(H,27,31). The van der Waals surface area contributed by atoms with Crippen molar-refractivity contribution in [1.82, 2.24) is 14.8 Å². The minimum absolute atomic E-state index is 0.157. The second-order valence-electron chi connectivity index (χ2n) is 6.91. The maximum absolute atomic E-state index is 12.5. The van der Waals surface area contributed by atoms with Gasteiger partial charge in [0.25, 0.3) is 0 Å². The molecule has 0 saturated carbocycles. The van der Waals surface area contributed by atoms with Crippen molar-refractivity contribution in [3.8, 4) is 17.5 Å². The Morgan fingerprint density at radius 3 is 2.56 bits per heavy atom. The molecule has 32 heavy (non-hydrogen) atoms. The SMILES string of the molecule is N#Cc1cccc(NC(=O)CSc2nnc(-c3ccc(Cl)cc3)n2Cc2ccccc2)c1. The van der Waals surface area contributed by atoms with Gasteiger partial charge in [0.2, 0.25) is 5.91 Å². The number of carbonyl (C=O) groups excluding carboxylic acids is 1. The fourth-order valence-corrected chi connectivity index (χ4v) is 3.97. The van der Waals surface area contributed by atoms with Crippen molar-refractivity contribution in [2.75, 3.05) is 11.1 Å². The van der Waals surface area contributed by atoms with Gasteiger partial charge in [-0.3, -0.25) is 9.36 Å². The van der Waals surface area contributed by atoms with E-state index in [0.717, 1.165) is 11.1 Å². The van der Waals surface area contributed by atoms with Crippen molar-refractivity contribution in [3.63, 3.8) is 0 Å². The largest absolute Gasteiger partial charge is 0.325 e. The summed E-state index contributed by atoms with van der Waals surface area (Å²) >= 11 is 7.34. The molecule has 0 aliphatic carbocycles. The number of nitriles is 1. The molecule has 0 aliphatic rings. The maximum atomic E-state index is 12.5.